The number of fused-ring (bicyclic) bond motifs is 1. The van der Waals surface area contributed by atoms with E-state index in [9.17, 15) is 8.78 Å². The summed E-state index contributed by atoms with van der Waals surface area (Å²) in [5.74, 6) is 1.38. The first kappa shape index (κ1) is 21.8. The maximum Gasteiger partial charge on any atom is 0.387 e. The molecule has 0 fully saturated rings. The molecule has 0 amide bonds. The molecule has 10 heteroatoms. The van der Waals surface area contributed by atoms with Crippen LogP contribution in [0, 0.1) is 6.92 Å². The first-order valence-corrected chi connectivity index (χ1v) is 8.34. The number of hydrogen-bond donors (Lipinski definition) is 2. The van der Waals surface area contributed by atoms with Gasteiger partial charge in [0.25, 0.3) is 0 Å². The molecule has 150 valence electrons. The molecule has 0 saturated heterocycles. The highest BCUT2D eigenvalue weighted by atomic mass is 127. The van der Waals surface area contributed by atoms with Crippen LogP contribution in [-0.4, -0.2) is 34.2 Å². The van der Waals surface area contributed by atoms with Gasteiger partial charge in [-0.15, -0.1) is 34.2 Å². The van der Waals surface area contributed by atoms with E-state index in [1.165, 1.54) is 6.07 Å². The average molecular weight is 502 g/mol. The molecule has 0 aliphatic carbocycles. The smallest absolute Gasteiger partial charge is 0.387 e. The van der Waals surface area contributed by atoms with Gasteiger partial charge in [0.05, 0.1) is 6.54 Å². The molecule has 3 rings (SSSR count). The molecule has 0 saturated carbocycles. The maximum absolute atomic E-state index is 12.6. The Morgan fingerprint density at radius 3 is 2.71 bits per heavy atom. The second-order valence-corrected chi connectivity index (χ2v) is 5.81. The van der Waals surface area contributed by atoms with E-state index < -0.39 is 6.61 Å². The molecule has 0 bridgehead atoms. The first-order valence-electron chi connectivity index (χ1n) is 8.34. The molecule has 28 heavy (non-hydrogen) atoms. The molecule has 0 aliphatic heterocycles. The minimum absolute atomic E-state index is 0. The van der Waals surface area contributed by atoms with E-state index in [1.54, 1.807) is 19.2 Å². The summed E-state index contributed by atoms with van der Waals surface area (Å²) in [6.45, 7) is -0.299. The number of guanidine groups is 1. The summed E-state index contributed by atoms with van der Waals surface area (Å²) in [4.78, 5) is 4.14. The number of rotatable bonds is 6. The van der Waals surface area contributed by atoms with E-state index in [2.05, 4.69) is 30.6 Å². The number of hydrogen-bond acceptors (Lipinski definition) is 4. The zero-order valence-electron chi connectivity index (χ0n) is 15.4. The summed E-state index contributed by atoms with van der Waals surface area (Å²) in [5.41, 5.74) is 2.32. The number of aliphatic imine (C=N–C) groups is 1. The number of aromatic nitrogens is 3. The third-order valence-electron chi connectivity index (χ3n) is 3.90. The van der Waals surface area contributed by atoms with Crippen LogP contribution < -0.4 is 15.4 Å². The van der Waals surface area contributed by atoms with Crippen molar-refractivity contribution in [3.63, 3.8) is 0 Å². The molecule has 0 aliphatic rings. The first-order chi connectivity index (χ1) is 13.1. The van der Waals surface area contributed by atoms with Gasteiger partial charge >= 0.3 is 6.61 Å². The largest absolute Gasteiger partial charge is 0.434 e. The predicted molar refractivity (Wildman–Crippen MR) is 113 cm³/mol. The Hall–Kier alpha value is -2.50. The van der Waals surface area contributed by atoms with Crippen LogP contribution >= 0.6 is 24.0 Å². The summed E-state index contributed by atoms with van der Waals surface area (Å²) in [5, 5.41) is 14.5. The van der Waals surface area contributed by atoms with Crippen LogP contribution in [0.5, 0.6) is 5.75 Å². The van der Waals surface area contributed by atoms with Gasteiger partial charge in [-0.25, -0.2) is 0 Å². The Bertz CT molecular complexity index is 947. The summed E-state index contributed by atoms with van der Waals surface area (Å²) < 4.78 is 31.6. The summed E-state index contributed by atoms with van der Waals surface area (Å²) in [7, 11) is 1.63. The maximum atomic E-state index is 12.6. The van der Waals surface area contributed by atoms with Gasteiger partial charge in [0.15, 0.2) is 17.4 Å². The number of nitrogens with one attached hydrogen (secondary N) is 2. The van der Waals surface area contributed by atoms with Crippen LogP contribution in [0.2, 0.25) is 0 Å². The van der Waals surface area contributed by atoms with Gasteiger partial charge in [-0.1, -0.05) is 23.8 Å². The van der Waals surface area contributed by atoms with Crippen molar-refractivity contribution in [1.82, 2.24) is 25.2 Å². The number of alkyl halides is 2. The van der Waals surface area contributed by atoms with Crippen molar-refractivity contribution in [1.29, 1.82) is 0 Å². The minimum atomic E-state index is -2.87. The SMILES string of the molecule is CN=C(NCc1cc(C)ccc1OC(F)F)NCc1nnc2ccccn12.I. The van der Waals surface area contributed by atoms with E-state index in [4.69, 9.17) is 0 Å². The van der Waals surface area contributed by atoms with Gasteiger partial charge in [-0.2, -0.15) is 8.78 Å². The zero-order valence-corrected chi connectivity index (χ0v) is 17.7. The molecule has 0 unspecified atom stereocenters. The fourth-order valence-corrected chi connectivity index (χ4v) is 2.63. The molecule has 1 aromatic carbocycles. The lowest BCUT2D eigenvalue weighted by Crippen LogP contribution is -2.36. The van der Waals surface area contributed by atoms with Crippen LogP contribution in [0.25, 0.3) is 5.65 Å². The van der Waals surface area contributed by atoms with Crippen molar-refractivity contribution >= 4 is 35.6 Å². The molecule has 0 atom stereocenters. The summed E-state index contributed by atoms with van der Waals surface area (Å²) in [6, 6.07) is 10.7. The average Bonchev–Trinajstić information content (AvgIpc) is 3.07. The fourth-order valence-electron chi connectivity index (χ4n) is 2.63. The Kier molecular flexibility index (Phi) is 7.91. The van der Waals surface area contributed by atoms with E-state index in [0.29, 0.717) is 18.1 Å². The standard InChI is InChI=1S/C18H20F2N6O.HI/c1-12-6-7-14(27-17(19)20)13(9-12)10-22-18(21-2)23-11-16-25-24-15-5-3-4-8-26(15)16;/h3-9,17H,10-11H2,1-2H3,(H2,21,22,23);1H. The van der Waals surface area contributed by atoms with Crippen molar-refractivity contribution in [2.75, 3.05) is 7.05 Å². The number of ether oxygens (including phenoxy) is 1. The monoisotopic (exact) mass is 502 g/mol. The van der Waals surface area contributed by atoms with Crippen molar-refractivity contribution in [2.45, 2.75) is 26.6 Å². The zero-order chi connectivity index (χ0) is 19.2. The highest BCUT2D eigenvalue weighted by molar-refractivity contribution is 14.0. The Morgan fingerprint density at radius 2 is 1.96 bits per heavy atom. The number of pyridine rings is 1. The molecule has 7 nitrogen and oxygen atoms in total. The molecule has 2 aromatic heterocycles. The highest BCUT2D eigenvalue weighted by Gasteiger charge is 2.11. The predicted octanol–water partition coefficient (Wildman–Crippen LogP) is 3.12. The van der Waals surface area contributed by atoms with E-state index in [1.807, 2.05) is 35.7 Å². The third-order valence-corrected chi connectivity index (χ3v) is 3.90. The number of nitrogens with zero attached hydrogens (tertiary/aromatic N) is 4. The van der Waals surface area contributed by atoms with Crippen LogP contribution in [0.3, 0.4) is 0 Å². The topological polar surface area (TPSA) is 75.8 Å². The Morgan fingerprint density at radius 1 is 1.18 bits per heavy atom. The number of benzene rings is 1. The van der Waals surface area contributed by atoms with E-state index >= 15 is 0 Å². The lowest BCUT2D eigenvalue weighted by molar-refractivity contribution is -0.0504. The van der Waals surface area contributed by atoms with Gasteiger partial charge in [0, 0.05) is 25.4 Å². The van der Waals surface area contributed by atoms with Gasteiger partial charge in [-0.05, 0) is 25.1 Å². The van der Waals surface area contributed by atoms with Crippen LogP contribution in [0.1, 0.15) is 17.0 Å². The Balaban J connectivity index is 0.00000280. The summed E-state index contributed by atoms with van der Waals surface area (Å²) in [6.07, 6.45) is 1.88. The second kappa shape index (κ2) is 10.2. The third kappa shape index (κ3) is 5.50. The van der Waals surface area contributed by atoms with Gasteiger partial charge in [0.2, 0.25) is 0 Å². The molecule has 0 spiro atoms. The quantitative estimate of drug-likeness (QED) is 0.308. The van der Waals surface area contributed by atoms with Gasteiger partial charge in [-0.3, -0.25) is 9.39 Å². The van der Waals surface area contributed by atoms with Crippen molar-refractivity contribution < 1.29 is 13.5 Å². The fraction of sp³-hybridized carbons (Fsp3) is 0.278. The normalized spacial score (nSPS) is 11.4. The van der Waals surface area contributed by atoms with Gasteiger partial charge < -0.3 is 15.4 Å². The van der Waals surface area contributed by atoms with Crippen molar-refractivity contribution in [3.8, 4) is 5.75 Å². The molecule has 2 N–H and O–H groups in total. The Labute approximate surface area is 178 Å². The summed E-state index contributed by atoms with van der Waals surface area (Å²) >= 11 is 0. The van der Waals surface area contributed by atoms with Crippen molar-refractivity contribution in [2.24, 2.45) is 4.99 Å². The highest BCUT2D eigenvalue weighted by Crippen LogP contribution is 2.21. The van der Waals surface area contributed by atoms with E-state index in [-0.39, 0.29) is 36.3 Å². The lowest BCUT2D eigenvalue weighted by Gasteiger charge is -2.15. The second-order valence-electron chi connectivity index (χ2n) is 5.81. The van der Waals surface area contributed by atoms with Gasteiger partial charge in [0.1, 0.15) is 5.75 Å². The molecule has 0 radical (unpaired) electrons. The van der Waals surface area contributed by atoms with Crippen LogP contribution in [0.4, 0.5) is 8.78 Å². The molecular formula is C18H21F2IN6O. The molecule has 3 aromatic rings. The minimum Gasteiger partial charge on any atom is -0.434 e. The number of halogens is 3. The molecule has 2 heterocycles. The molecular weight excluding hydrogens is 481 g/mol. The number of aryl methyl sites for hydroxylation is 1. The van der Waals surface area contributed by atoms with Crippen molar-refractivity contribution in [3.05, 3.63) is 59.5 Å². The van der Waals surface area contributed by atoms with Crippen LogP contribution in [-0.2, 0) is 13.1 Å². The van der Waals surface area contributed by atoms with Crippen LogP contribution in [0.15, 0.2) is 47.6 Å². The van der Waals surface area contributed by atoms with E-state index in [0.717, 1.165) is 17.0 Å². The lowest BCUT2D eigenvalue weighted by atomic mass is 10.1.